The van der Waals surface area contributed by atoms with E-state index in [2.05, 4.69) is 27.7 Å². The average molecular weight is 520 g/mol. The van der Waals surface area contributed by atoms with Gasteiger partial charge in [-0.2, -0.15) is 0 Å². The van der Waals surface area contributed by atoms with Gasteiger partial charge in [0.15, 0.2) is 11.5 Å². The van der Waals surface area contributed by atoms with Gasteiger partial charge in [0.05, 0.1) is 31.7 Å². The third-order valence-corrected chi connectivity index (χ3v) is 8.62. The van der Waals surface area contributed by atoms with E-state index >= 15 is 0 Å². The van der Waals surface area contributed by atoms with Gasteiger partial charge in [0.2, 0.25) is 0 Å². The SMILES string of the molecule is COCCCOc1cc(C2N(C(=O)O)C([C@@H]3C[C@@H](C(C)C)C(=O)O3)CC2(C(C)C)C(C)C)ccc1OC. The number of esters is 1. The second-order valence-corrected chi connectivity index (χ2v) is 11.5. The summed E-state index contributed by atoms with van der Waals surface area (Å²) in [5, 5.41) is 10.6. The molecule has 0 bridgehead atoms. The molecule has 3 rings (SSSR count). The highest BCUT2D eigenvalue weighted by Gasteiger charge is 2.61. The Kier molecular flexibility index (Phi) is 9.37. The largest absolute Gasteiger partial charge is 0.493 e. The number of carboxylic acid groups (broad SMARTS) is 1. The molecule has 8 nitrogen and oxygen atoms in total. The number of amides is 1. The zero-order chi connectivity index (χ0) is 27.5. The van der Waals surface area contributed by atoms with Gasteiger partial charge in [-0.25, -0.2) is 4.79 Å². The third kappa shape index (κ3) is 5.54. The van der Waals surface area contributed by atoms with Crippen molar-refractivity contribution in [1.82, 2.24) is 4.90 Å². The van der Waals surface area contributed by atoms with Crippen LogP contribution in [0.2, 0.25) is 0 Å². The second kappa shape index (κ2) is 11.9. The Morgan fingerprint density at radius 1 is 1.11 bits per heavy atom. The molecule has 2 heterocycles. The molecule has 1 N–H and O–H groups in total. The van der Waals surface area contributed by atoms with Crippen molar-refractivity contribution in [2.45, 2.75) is 79.0 Å². The van der Waals surface area contributed by atoms with E-state index < -0.39 is 24.3 Å². The lowest BCUT2D eigenvalue weighted by atomic mass is 9.62. The molecule has 2 saturated heterocycles. The Hall–Kier alpha value is -2.48. The Labute approximate surface area is 221 Å². The first kappa shape index (κ1) is 29.1. The van der Waals surface area contributed by atoms with Crippen LogP contribution in [-0.4, -0.2) is 61.6 Å². The van der Waals surface area contributed by atoms with Crippen LogP contribution in [0, 0.1) is 29.1 Å². The van der Waals surface area contributed by atoms with Gasteiger partial charge in [0, 0.05) is 25.6 Å². The summed E-state index contributed by atoms with van der Waals surface area (Å²) in [7, 11) is 3.25. The van der Waals surface area contributed by atoms with Crippen LogP contribution in [0.4, 0.5) is 4.79 Å². The van der Waals surface area contributed by atoms with E-state index in [-0.39, 0.29) is 35.1 Å². The molecular formula is C29H45NO7. The molecule has 0 aliphatic carbocycles. The predicted molar refractivity (Wildman–Crippen MR) is 141 cm³/mol. The molecule has 37 heavy (non-hydrogen) atoms. The van der Waals surface area contributed by atoms with Crippen LogP contribution in [0.25, 0.3) is 0 Å². The fourth-order valence-electron chi connectivity index (χ4n) is 6.60. The van der Waals surface area contributed by atoms with Gasteiger partial charge in [0.25, 0.3) is 0 Å². The number of rotatable bonds is 11. The Morgan fingerprint density at radius 3 is 2.30 bits per heavy atom. The van der Waals surface area contributed by atoms with E-state index in [4.69, 9.17) is 18.9 Å². The molecule has 208 valence electrons. The van der Waals surface area contributed by atoms with Gasteiger partial charge < -0.3 is 24.1 Å². The molecule has 2 aliphatic rings. The quantitative estimate of drug-likeness (QED) is 0.292. The van der Waals surface area contributed by atoms with Crippen LogP contribution >= 0.6 is 0 Å². The molecule has 2 unspecified atom stereocenters. The number of methoxy groups -OCH3 is 2. The van der Waals surface area contributed by atoms with Crippen molar-refractivity contribution in [1.29, 1.82) is 0 Å². The van der Waals surface area contributed by atoms with Gasteiger partial charge in [-0.05, 0) is 48.3 Å². The van der Waals surface area contributed by atoms with Gasteiger partial charge in [0.1, 0.15) is 6.10 Å². The maximum Gasteiger partial charge on any atom is 0.408 e. The number of likely N-dealkylation sites (tertiary alicyclic amines) is 1. The molecule has 4 atom stereocenters. The fourth-order valence-corrected chi connectivity index (χ4v) is 6.60. The summed E-state index contributed by atoms with van der Waals surface area (Å²) >= 11 is 0. The Balaban J connectivity index is 2.09. The van der Waals surface area contributed by atoms with Crippen molar-refractivity contribution >= 4 is 12.1 Å². The normalized spacial score (nSPS) is 25.3. The topological polar surface area (TPSA) is 94.5 Å². The third-order valence-electron chi connectivity index (χ3n) is 8.62. The zero-order valence-electron chi connectivity index (χ0n) is 23.7. The molecule has 1 amide bonds. The van der Waals surface area contributed by atoms with Crippen LogP contribution in [0.5, 0.6) is 11.5 Å². The van der Waals surface area contributed by atoms with Gasteiger partial charge >= 0.3 is 12.1 Å². The lowest BCUT2D eigenvalue weighted by Gasteiger charge is -2.44. The highest BCUT2D eigenvalue weighted by molar-refractivity contribution is 5.75. The van der Waals surface area contributed by atoms with Crippen molar-refractivity contribution in [3.05, 3.63) is 23.8 Å². The van der Waals surface area contributed by atoms with E-state index in [0.717, 1.165) is 12.0 Å². The van der Waals surface area contributed by atoms with E-state index in [1.54, 1.807) is 19.1 Å². The second-order valence-electron chi connectivity index (χ2n) is 11.5. The lowest BCUT2D eigenvalue weighted by molar-refractivity contribution is -0.146. The van der Waals surface area contributed by atoms with Gasteiger partial charge in [-0.3, -0.25) is 9.69 Å². The van der Waals surface area contributed by atoms with Crippen LogP contribution in [0.15, 0.2) is 18.2 Å². The number of benzene rings is 1. The van der Waals surface area contributed by atoms with Crippen LogP contribution in [0.1, 0.15) is 72.4 Å². The predicted octanol–water partition coefficient (Wildman–Crippen LogP) is 5.79. The fraction of sp³-hybridized carbons (Fsp3) is 0.724. The van der Waals surface area contributed by atoms with Crippen molar-refractivity contribution in [3.63, 3.8) is 0 Å². The summed E-state index contributed by atoms with van der Waals surface area (Å²) in [6.07, 6.45) is 0.433. The highest BCUT2D eigenvalue weighted by atomic mass is 16.6. The van der Waals surface area contributed by atoms with E-state index in [1.807, 2.05) is 32.0 Å². The Morgan fingerprint density at radius 2 is 1.78 bits per heavy atom. The molecule has 0 saturated carbocycles. The first-order valence-electron chi connectivity index (χ1n) is 13.5. The number of ether oxygens (including phenoxy) is 4. The lowest BCUT2D eigenvalue weighted by Crippen LogP contribution is -2.44. The Bertz CT molecular complexity index is 936. The van der Waals surface area contributed by atoms with Crippen molar-refractivity contribution < 1.29 is 33.6 Å². The number of hydrogen-bond donors (Lipinski definition) is 1. The monoisotopic (exact) mass is 519 g/mol. The number of nitrogens with zero attached hydrogens (tertiary/aromatic N) is 1. The molecule has 1 aromatic carbocycles. The van der Waals surface area contributed by atoms with E-state index in [1.165, 1.54) is 0 Å². The minimum absolute atomic E-state index is 0.146. The molecular weight excluding hydrogens is 474 g/mol. The summed E-state index contributed by atoms with van der Waals surface area (Å²) in [5.74, 6) is 1.25. The van der Waals surface area contributed by atoms with Crippen molar-refractivity contribution in [2.75, 3.05) is 27.4 Å². The number of carbonyl (C=O) groups is 2. The summed E-state index contributed by atoms with van der Waals surface area (Å²) < 4.78 is 22.6. The number of carbonyl (C=O) groups excluding carboxylic acids is 1. The van der Waals surface area contributed by atoms with Crippen LogP contribution in [-0.2, 0) is 14.3 Å². The van der Waals surface area contributed by atoms with Crippen LogP contribution < -0.4 is 9.47 Å². The molecule has 2 aliphatic heterocycles. The summed E-state index contributed by atoms with van der Waals surface area (Å²) in [4.78, 5) is 27.2. The molecule has 0 aromatic heterocycles. The van der Waals surface area contributed by atoms with Gasteiger partial charge in [-0.1, -0.05) is 47.6 Å². The maximum absolute atomic E-state index is 12.9. The summed E-state index contributed by atoms with van der Waals surface area (Å²) in [6.45, 7) is 13.7. The average Bonchev–Trinajstić information content (AvgIpc) is 3.41. The maximum atomic E-state index is 12.9. The molecule has 2 fully saturated rings. The summed E-state index contributed by atoms with van der Waals surface area (Å²) in [5.41, 5.74) is 0.493. The zero-order valence-corrected chi connectivity index (χ0v) is 23.7. The van der Waals surface area contributed by atoms with E-state index in [0.29, 0.717) is 37.6 Å². The molecule has 0 spiro atoms. The van der Waals surface area contributed by atoms with E-state index in [9.17, 15) is 14.7 Å². The molecule has 8 heteroatoms. The standard InChI is InChI=1S/C29H45NO7/c1-17(2)21-15-24(37-27(21)31)22-16-29(18(3)4,19(5)6)26(30(22)28(32)33)20-10-11-23(35-8)25(14-20)36-13-9-12-34-7/h10-11,14,17-19,21-22,24,26H,9,12-13,15-16H2,1-8H3,(H,32,33)/t21-,22?,24-,26?/m0/s1. The van der Waals surface area contributed by atoms with Crippen LogP contribution in [0.3, 0.4) is 0 Å². The van der Waals surface area contributed by atoms with Crippen molar-refractivity contribution in [3.8, 4) is 11.5 Å². The smallest absolute Gasteiger partial charge is 0.408 e. The van der Waals surface area contributed by atoms with Crippen molar-refractivity contribution in [2.24, 2.45) is 29.1 Å². The number of hydrogen-bond acceptors (Lipinski definition) is 6. The first-order chi connectivity index (χ1) is 17.5. The molecule has 1 aromatic rings. The highest BCUT2D eigenvalue weighted by Crippen LogP contribution is 2.60. The first-order valence-corrected chi connectivity index (χ1v) is 13.5. The summed E-state index contributed by atoms with van der Waals surface area (Å²) in [6, 6.07) is 4.86. The minimum atomic E-state index is -0.999. The molecule has 0 radical (unpaired) electrons. The number of cyclic esters (lactones) is 1. The minimum Gasteiger partial charge on any atom is -0.493 e. The van der Waals surface area contributed by atoms with Gasteiger partial charge in [-0.15, -0.1) is 0 Å².